The summed E-state index contributed by atoms with van der Waals surface area (Å²) in [6, 6.07) is -0.0723. The van der Waals surface area contributed by atoms with Crippen LogP contribution in [0.15, 0.2) is 0 Å². The number of alkyl halides is 1. The first kappa shape index (κ1) is 16.1. The molecule has 7 heteroatoms. The average Bonchev–Trinajstić information content (AvgIpc) is 3.04. The molecule has 0 aromatic carbocycles. The van der Waals surface area contributed by atoms with Crippen LogP contribution in [0, 0.1) is 11.3 Å². The molecule has 0 bridgehead atoms. The van der Waals surface area contributed by atoms with E-state index in [1.54, 1.807) is 23.6 Å². The second-order valence-electron chi connectivity index (χ2n) is 6.50. The van der Waals surface area contributed by atoms with Gasteiger partial charge in [-0.05, 0) is 20.3 Å². The molecule has 2 aliphatic heterocycles. The Hall–Kier alpha value is -1.30. The van der Waals surface area contributed by atoms with E-state index in [2.05, 4.69) is 0 Å². The van der Waals surface area contributed by atoms with Crippen LogP contribution in [0.5, 0.6) is 0 Å². The third-order valence-corrected chi connectivity index (χ3v) is 4.98. The minimum atomic E-state index is -0.931. The largest absolute Gasteiger partial charge is 0.481 e. The zero-order valence-electron chi connectivity index (χ0n) is 12.3. The molecular weight excluding hydrogens is 296 g/mol. The number of hydrogen-bond acceptors (Lipinski definition) is 3. The number of aliphatic carboxylic acids is 1. The quantitative estimate of drug-likeness (QED) is 0.778. The molecule has 2 atom stereocenters. The lowest BCUT2D eigenvalue weighted by Crippen LogP contribution is -2.44. The van der Waals surface area contributed by atoms with Gasteiger partial charge in [-0.15, -0.1) is 11.6 Å². The average molecular weight is 317 g/mol. The van der Waals surface area contributed by atoms with E-state index in [4.69, 9.17) is 16.7 Å². The van der Waals surface area contributed by atoms with E-state index in [0.717, 1.165) is 0 Å². The first-order valence-corrected chi connectivity index (χ1v) is 7.67. The summed E-state index contributed by atoms with van der Waals surface area (Å²) < 4.78 is 0. The van der Waals surface area contributed by atoms with Crippen molar-refractivity contribution in [2.45, 2.75) is 32.7 Å². The molecule has 0 aliphatic carbocycles. The highest BCUT2D eigenvalue weighted by atomic mass is 35.5. The highest BCUT2D eigenvalue weighted by molar-refractivity contribution is 6.19. The summed E-state index contributed by atoms with van der Waals surface area (Å²) in [6.45, 7) is 4.91. The molecule has 6 nitrogen and oxygen atoms in total. The Balaban J connectivity index is 1.98. The maximum atomic E-state index is 12.4. The van der Waals surface area contributed by atoms with Gasteiger partial charge in [0.05, 0.1) is 17.4 Å². The van der Waals surface area contributed by atoms with E-state index in [1.807, 2.05) is 0 Å². The van der Waals surface area contributed by atoms with Gasteiger partial charge in [-0.1, -0.05) is 0 Å². The van der Waals surface area contributed by atoms with Crippen LogP contribution in [0.2, 0.25) is 0 Å². The number of rotatable bonds is 4. The van der Waals surface area contributed by atoms with Crippen LogP contribution in [0.25, 0.3) is 0 Å². The monoisotopic (exact) mass is 316 g/mol. The lowest BCUT2D eigenvalue weighted by Gasteiger charge is -2.29. The fourth-order valence-electron chi connectivity index (χ4n) is 2.92. The summed E-state index contributed by atoms with van der Waals surface area (Å²) in [5.41, 5.74) is -0.616. The summed E-state index contributed by atoms with van der Waals surface area (Å²) in [6.07, 6.45) is 0.759. The van der Waals surface area contributed by atoms with Crippen LogP contribution in [-0.2, 0) is 14.4 Å². The first-order valence-electron chi connectivity index (χ1n) is 7.14. The number of carboxylic acid groups (broad SMARTS) is 1. The molecule has 2 aliphatic rings. The predicted octanol–water partition coefficient (Wildman–Crippen LogP) is 0.785. The third kappa shape index (κ3) is 3.15. The lowest BCUT2D eigenvalue weighted by atomic mass is 9.94. The highest BCUT2D eigenvalue weighted by Crippen LogP contribution is 2.28. The topological polar surface area (TPSA) is 77.9 Å². The van der Waals surface area contributed by atoms with Crippen molar-refractivity contribution < 1.29 is 19.5 Å². The van der Waals surface area contributed by atoms with Crippen molar-refractivity contribution in [3.63, 3.8) is 0 Å². The molecule has 2 unspecified atom stereocenters. The van der Waals surface area contributed by atoms with Crippen LogP contribution in [0.3, 0.4) is 0 Å². The molecule has 0 saturated carbocycles. The number of carboxylic acids is 1. The highest BCUT2D eigenvalue weighted by Gasteiger charge is 2.42. The second kappa shape index (κ2) is 5.83. The van der Waals surface area contributed by atoms with Gasteiger partial charge in [-0.3, -0.25) is 14.4 Å². The zero-order chi connectivity index (χ0) is 15.8. The Bertz CT molecular complexity index is 466. The number of hydrogen-bond donors (Lipinski definition) is 1. The van der Waals surface area contributed by atoms with Gasteiger partial charge in [0.1, 0.15) is 0 Å². The first-order chi connectivity index (χ1) is 9.76. The Kier molecular flexibility index (Phi) is 4.46. The normalized spacial score (nSPS) is 26.5. The van der Waals surface area contributed by atoms with Crippen molar-refractivity contribution in [2.75, 3.05) is 25.5 Å². The number of halogens is 1. The van der Waals surface area contributed by atoms with Gasteiger partial charge in [0.25, 0.3) is 0 Å². The predicted molar refractivity (Wildman–Crippen MR) is 76.9 cm³/mol. The minimum Gasteiger partial charge on any atom is -0.481 e. The fraction of sp³-hybridized carbons (Fsp3) is 0.786. The van der Waals surface area contributed by atoms with Gasteiger partial charge >= 0.3 is 5.97 Å². The number of carbonyl (C=O) groups is 3. The fourth-order valence-corrected chi connectivity index (χ4v) is 3.03. The molecule has 0 aromatic rings. The van der Waals surface area contributed by atoms with E-state index in [9.17, 15) is 14.4 Å². The molecule has 0 radical (unpaired) electrons. The van der Waals surface area contributed by atoms with Crippen molar-refractivity contribution in [2.24, 2.45) is 11.3 Å². The van der Waals surface area contributed by atoms with Gasteiger partial charge in [0, 0.05) is 31.9 Å². The standard InChI is InChI=1S/C14H21ClN2O4/c1-14(2,8-15)13(21)16-4-3-10(7-16)17-6-9(12(19)20)5-11(17)18/h9-10H,3-8H2,1-2H3,(H,19,20). The smallest absolute Gasteiger partial charge is 0.308 e. The molecule has 118 valence electrons. The van der Waals surface area contributed by atoms with Crippen molar-refractivity contribution >= 4 is 29.4 Å². The molecular formula is C14H21ClN2O4. The van der Waals surface area contributed by atoms with Gasteiger partial charge in [-0.2, -0.15) is 0 Å². The number of carbonyl (C=O) groups excluding carboxylic acids is 2. The Morgan fingerprint density at radius 1 is 1.38 bits per heavy atom. The van der Waals surface area contributed by atoms with Gasteiger partial charge < -0.3 is 14.9 Å². The third-order valence-electron chi connectivity index (χ3n) is 4.31. The van der Waals surface area contributed by atoms with E-state index in [0.29, 0.717) is 19.5 Å². The lowest BCUT2D eigenvalue weighted by molar-refractivity contribution is -0.141. The van der Waals surface area contributed by atoms with Crippen LogP contribution >= 0.6 is 11.6 Å². The van der Waals surface area contributed by atoms with E-state index in [-0.39, 0.29) is 36.7 Å². The van der Waals surface area contributed by atoms with Crippen LogP contribution in [-0.4, -0.2) is 64.2 Å². The maximum absolute atomic E-state index is 12.4. The Morgan fingerprint density at radius 2 is 2.05 bits per heavy atom. The zero-order valence-corrected chi connectivity index (χ0v) is 13.1. The molecule has 21 heavy (non-hydrogen) atoms. The van der Waals surface area contributed by atoms with Gasteiger partial charge in [-0.25, -0.2) is 0 Å². The SMILES string of the molecule is CC(C)(CCl)C(=O)N1CCC(N2CC(C(=O)O)CC2=O)C1. The Labute approximate surface area is 129 Å². The molecule has 1 N–H and O–H groups in total. The molecule has 2 fully saturated rings. The summed E-state index contributed by atoms with van der Waals surface area (Å²) in [5.74, 6) is -1.45. The molecule has 2 rings (SSSR count). The van der Waals surface area contributed by atoms with Crippen molar-refractivity contribution in [1.29, 1.82) is 0 Å². The van der Waals surface area contributed by atoms with Crippen LogP contribution in [0.4, 0.5) is 0 Å². The van der Waals surface area contributed by atoms with Crippen molar-refractivity contribution in [3.05, 3.63) is 0 Å². The molecule has 2 amide bonds. The Morgan fingerprint density at radius 3 is 2.57 bits per heavy atom. The molecule has 0 spiro atoms. The van der Waals surface area contributed by atoms with Crippen LogP contribution in [0.1, 0.15) is 26.7 Å². The number of nitrogens with zero attached hydrogens (tertiary/aromatic N) is 2. The van der Waals surface area contributed by atoms with Crippen molar-refractivity contribution in [3.8, 4) is 0 Å². The van der Waals surface area contributed by atoms with Gasteiger partial charge in [0.15, 0.2) is 0 Å². The summed E-state index contributed by atoms with van der Waals surface area (Å²) in [5, 5.41) is 9.01. The van der Waals surface area contributed by atoms with E-state index >= 15 is 0 Å². The molecule has 2 heterocycles. The summed E-state index contributed by atoms with van der Waals surface area (Å²) in [4.78, 5) is 38.6. The number of amides is 2. The molecule has 0 aromatic heterocycles. The minimum absolute atomic E-state index is 0.0126. The summed E-state index contributed by atoms with van der Waals surface area (Å²) >= 11 is 5.83. The number of likely N-dealkylation sites (tertiary alicyclic amines) is 2. The van der Waals surface area contributed by atoms with E-state index < -0.39 is 17.3 Å². The van der Waals surface area contributed by atoms with Crippen molar-refractivity contribution in [1.82, 2.24) is 9.80 Å². The second-order valence-corrected chi connectivity index (χ2v) is 6.76. The summed E-state index contributed by atoms with van der Waals surface area (Å²) in [7, 11) is 0. The van der Waals surface area contributed by atoms with E-state index in [1.165, 1.54) is 0 Å². The van der Waals surface area contributed by atoms with Gasteiger partial charge in [0.2, 0.25) is 11.8 Å². The maximum Gasteiger partial charge on any atom is 0.308 e. The molecule has 2 saturated heterocycles. The van der Waals surface area contributed by atoms with Crippen LogP contribution < -0.4 is 0 Å².